The molecule has 2 aliphatic heterocycles. The zero-order chi connectivity index (χ0) is 14.4. The summed E-state index contributed by atoms with van der Waals surface area (Å²) in [7, 11) is 1.65. The van der Waals surface area contributed by atoms with E-state index >= 15 is 0 Å². The van der Waals surface area contributed by atoms with E-state index in [-0.39, 0.29) is 17.9 Å². The Morgan fingerprint density at radius 1 is 1.35 bits per heavy atom. The Hall–Kier alpha value is -1.81. The molecule has 4 nitrogen and oxygen atoms in total. The van der Waals surface area contributed by atoms with Gasteiger partial charge in [0.1, 0.15) is 5.75 Å². The molecule has 3 atom stereocenters. The number of carbonyl (C=O) groups excluding carboxylic acids is 1. The highest BCUT2D eigenvalue weighted by molar-refractivity contribution is 5.93. The second-order valence-corrected chi connectivity index (χ2v) is 5.54. The van der Waals surface area contributed by atoms with Crippen molar-refractivity contribution in [3.05, 3.63) is 35.5 Å². The van der Waals surface area contributed by atoms with Crippen molar-refractivity contribution >= 4 is 11.5 Å². The van der Waals surface area contributed by atoms with E-state index in [9.17, 15) is 9.90 Å². The van der Waals surface area contributed by atoms with Gasteiger partial charge in [-0.2, -0.15) is 0 Å². The van der Waals surface area contributed by atoms with Crippen LogP contribution in [-0.4, -0.2) is 35.2 Å². The molecule has 0 aliphatic carbocycles. The molecule has 2 aliphatic rings. The summed E-state index contributed by atoms with van der Waals surface area (Å²) >= 11 is 0. The van der Waals surface area contributed by atoms with Gasteiger partial charge in [-0.1, -0.05) is 12.1 Å². The number of carbonyl (C=O) groups is 1. The van der Waals surface area contributed by atoms with Gasteiger partial charge in [0, 0.05) is 5.70 Å². The van der Waals surface area contributed by atoms with Crippen LogP contribution in [0.4, 0.5) is 0 Å². The second-order valence-electron chi connectivity index (χ2n) is 5.54. The van der Waals surface area contributed by atoms with E-state index in [1.807, 2.05) is 36.1 Å². The predicted molar refractivity (Wildman–Crippen MR) is 76.0 cm³/mol. The molecule has 4 heteroatoms. The van der Waals surface area contributed by atoms with E-state index in [4.69, 9.17) is 4.74 Å². The Morgan fingerprint density at radius 2 is 2.00 bits per heavy atom. The number of hydrogen-bond acceptors (Lipinski definition) is 3. The molecule has 0 aromatic heterocycles. The summed E-state index contributed by atoms with van der Waals surface area (Å²) in [5.41, 5.74) is 3.33. The Kier molecular flexibility index (Phi) is 3.05. The summed E-state index contributed by atoms with van der Waals surface area (Å²) in [6.45, 7) is 3.68. The Labute approximate surface area is 118 Å². The molecule has 106 valence electrons. The number of aliphatic hydroxyl groups is 1. The number of aliphatic hydroxyl groups excluding tert-OH is 1. The van der Waals surface area contributed by atoms with Gasteiger partial charge in [0.15, 0.2) is 0 Å². The molecule has 3 unspecified atom stereocenters. The third-order valence-corrected chi connectivity index (χ3v) is 4.44. The van der Waals surface area contributed by atoms with Crippen molar-refractivity contribution in [2.75, 3.05) is 7.11 Å². The third kappa shape index (κ3) is 1.75. The van der Waals surface area contributed by atoms with Crippen molar-refractivity contribution in [1.82, 2.24) is 4.90 Å². The number of allylic oxidation sites excluding steroid dienone is 1. The van der Waals surface area contributed by atoms with Crippen LogP contribution in [0, 0.1) is 5.92 Å². The number of hydrogen-bond donors (Lipinski definition) is 1. The molecule has 1 saturated heterocycles. The lowest BCUT2D eigenvalue weighted by Gasteiger charge is -2.45. The first-order valence-electron chi connectivity index (χ1n) is 6.90. The first-order chi connectivity index (χ1) is 9.54. The number of rotatable bonds is 3. The van der Waals surface area contributed by atoms with E-state index in [1.165, 1.54) is 5.57 Å². The lowest BCUT2D eigenvalue weighted by atomic mass is 9.82. The van der Waals surface area contributed by atoms with E-state index < -0.39 is 6.10 Å². The molecule has 1 amide bonds. The van der Waals surface area contributed by atoms with Crippen LogP contribution in [0.2, 0.25) is 0 Å². The Morgan fingerprint density at radius 3 is 2.55 bits per heavy atom. The van der Waals surface area contributed by atoms with E-state index in [2.05, 4.69) is 0 Å². The minimum atomic E-state index is -0.577. The third-order valence-electron chi connectivity index (χ3n) is 4.44. The van der Waals surface area contributed by atoms with Gasteiger partial charge >= 0.3 is 0 Å². The highest BCUT2D eigenvalue weighted by Crippen LogP contribution is 2.46. The zero-order valence-corrected chi connectivity index (χ0v) is 12.0. The first kappa shape index (κ1) is 13.2. The fourth-order valence-corrected chi connectivity index (χ4v) is 3.35. The van der Waals surface area contributed by atoms with Gasteiger partial charge in [-0.25, -0.2) is 0 Å². The maximum atomic E-state index is 12.1. The predicted octanol–water partition coefficient (Wildman–Crippen LogP) is 2.04. The highest BCUT2D eigenvalue weighted by atomic mass is 16.5. The molecule has 0 spiro atoms. The normalized spacial score (nSPS) is 26.4. The Balaban J connectivity index is 1.88. The van der Waals surface area contributed by atoms with Gasteiger partial charge in [0.25, 0.3) is 0 Å². The smallest absolute Gasteiger partial charge is 0.234 e. The van der Waals surface area contributed by atoms with Gasteiger partial charge in [0.2, 0.25) is 5.91 Å². The monoisotopic (exact) mass is 273 g/mol. The number of methoxy groups -OCH3 is 1. The maximum absolute atomic E-state index is 12.1. The van der Waals surface area contributed by atoms with Crippen LogP contribution in [-0.2, 0) is 4.79 Å². The van der Waals surface area contributed by atoms with Crippen LogP contribution in [0.1, 0.15) is 25.8 Å². The van der Waals surface area contributed by atoms with Crippen molar-refractivity contribution < 1.29 is 14.6 Å². The quantitative estimate of drug-likeness (QED) is 0.857. The van der Waals surface area contributed by atoms with Crippen molar-refractivity contribution in [1.29, 1.82) is 0 Å². The largest absolute Gasteiger partial charge is 0.497 e. The van der Waals surface area contributed by atoms with Gasteiger partial charge < -0.3 is 14.7 Å². The lowest BCUT2D eigenvalue weighted by molar-refractivity contribution is -0.157. The summed E-state index contributed by atoms with van der Waals surface area (Å²) in [6.07, 6.45) is 0.242. The Bertz CT molecular complexity index is 574. The number of fused-ring (bicyclic) bond motifs is 1. The molecule has 0 bridgehead atoms. The van der Waals surface area contributed by atoms with Gasteiger partial charge in [-0.3, -0.25) is 4.79 Å². The zero-order valence-electron chi connectivity index (χ0n) is 12.0. The standard InChI is InChI=1S/C16H19NO3/c1-9-13(11-4-6-12(20-3)7-5-11)8-14-15(10(2)18)16(19)17(9)14/h4-7,10,14-15,18H,8H2,1-3H3. The fraction of sp³-hybridized carbons (Fsp3) is 0.438. The van der Waals surface area contributed by atoms with Crippen molar-refractivity contribution in [2.24, 2.45) is 5.92 Å². The van der Waals surface area contributed by atoms with E-state index in [1.54, 1.807) is 14.0 Å². The van der Waals surface area contributed by atoms with Crippen LogP contribution >= 0.6 is 0 Å². The second kappa shape index (κ2) is 4.63. The molecule has 2 heterocycles. The number of ether oxygens (including phenoxy) is 1. The molecule has 0 radical (unpaired) electrons. The van der Waals surface area contributed by atoms with Gasteiger partial charge in [0.05, 0.1) is 25.2 Å². The molecule has 20 heavy (non-hydrogen) atoms. The molecule has 3 rings (SSSR count). The topological polar surface area (TPSA) is 49.8 Å². The van der Waals surface area contributed by atoms with Crippen LogP contribution in [0.3, 0.4) is 0 Å². The summed E-state index contributed by atoms with van der Waals surface area (Å²) in [4.78, 5) is 13.9. The van der Waals surface area contributed by atoms with Crippen molar-refractivity contribution in [2.45, 2.75) is 32.4 Å². The number of amides is 1. The molecular weight excluding hydrogens is 254 g/mol. The van der Waals surface area contributed by atoms with Crippen LogP contribution < -0.4 is 4.74 Å². The van der Waals surface area contributed by atoms with Crippen LogP contribution in [0.15, 0.2) is 30.0 Å². The summed E-state index contributed by atoms with van der Waals surface area (Å²) in [6, 6.07) is 8.02. The SMILES string of the molecule is COc1ccc(C2=C(C)N3C(=O)C(C(C)O)C3C2)cc1. The molecule has 0 saturated carbocycles. The van der Waals surface area contributed by atoms with Crippen LogP contribution in [0.5, 0.6) is 5.75 Å². The lowest BCUT2D eigenvalue weighted by Crippen LogP contribution is -2.60. The minimum absolute atomic E-state index is 0.0472. The van der Waals surface area contributed by atoms with Crippen molar-refractivity contribution in [3.8, 4) is 5.75 Å². The molecule has 1 aromatic carbocycles. The van der Waals surface area contributed by atoms with Crippen molar-refractivity contribution in [3.63, 3.8) is 0 Å². The van der Waals surface area contributed by atoms with E-state index in [0.717, 1.165) is 23.4 Å². The fourth-order valence-electron chi connectivity index (χ4n) is 3.35. The minimum Gasteiger partial charge on any atom is -0.497 e. The van der Waals surface area contributed by atoms with Gasteiger partial charge in [-0.15, -0.1) is 0 Å². The summed E-state index contributed by atoms with van der Waals surface area (Å²) in [5.74, 6) is 0.623. The molecule has 1 fully saturated rings. The highest BCUT2D eigenvalue weighted by Gasteiger charge is 2.53. The first-order valence-corrected chi connectivity index (χ1v) is 6.90. The summed E-state index contributed by atoms with van der Waals surface area (Å²) < 4.78 is 5.17. The molecule has 1 aromatic rings. The number of nitrogens with zero attached hydrogens (tertiary/aromatic N) is 1. The summed E-state index contributed by atoms with van der Waals surface area (Å²) in [5, 5.41) is 9.72. The molecular formula is C16H19NO3. The number of benzene rings is 1. The van der Waals surface area contributed by atoms with E-state index in [0.29, 0.717) is 0 Å². The number of β-lactam (4-membered cyclic amide) rings is 1. The average Bonchev–Trinajstić information content (AvgIpc) is 2.70. The maximum Gasteiger partial charge on any atom is 0.234 e. The molecule has 1 N–H and O–H groups in total. The average molecular weight is 273 g/mol. The van der Waals surface area contributed by atoms with Crippen LogP contribution in [0.25, 0.3) is 5.57 Å². The van der Waals surface area contributed by atoms with Gasteiger partial charge in [-0.05, 0) is 43.5 Å².